The molecule has 1 unspecified atom stereocenters. The van der Waals surface area contributed by atoms with E-state index in [9.17, 15) is 13.9 Å². The molecule has 0 rings (SSSR count). The van der Waals surface area contributed by atoms with Gasteiger partial charge in [0, 0.05) is 6.54 Å². The van der Waals surface area contributed by atoms with Crippen LogP contribution in [0.15, 0.2) is 0 Å². The molecule has 0 aliphatic rings. The van der Waals surface area contributed by atoms with Crippen molar-refractivity contribution in [2.24, 2.45) is 5.92 Å². The van der Waals surface area contributed by atoms with Crippen molar-refractivity contribution < 1.29 is 13.9 Å². The number of alkyl halides is 2. The third-order valence-corrected chi connectivity index (χ3v) is 2.28. The van der Waals surface area contributed by atoms with E-state index in [-0.39, 0.29) is 19.0 Å². The van der Waals surface area contributed by atoms with Crippen molar-refractivity contribution in [2.75, 3.05) is 20.1 Å². The van der Waals surface area contributed by atoms with Crippen LogP contribution >= 0.6 is 0 Å². The normalized spacial score (nSPS) is 17.1. The minimum absolute atomic E-state index is 0.0626. The number of rotatable bonds is 5. The topological polar surface area (TPSA) is 23.5 Å². The molecule has 0 fully saturated rings. The standard InChI is InChI=1S/C9H19F2NO/c1-7(2)9(3,13)6-12(4)5-8(10)11/h7-8,13H,5-6H2,1-4H3. The first-order valence-electron chi connectivity index (χ1n) is 4.44. The van der Waals surface area contributed by atoms with Crippen LogP contribution in [0.4, 0.5) is 8.78 Å². The summed E-state index contributed by atoms with van der Waals surface area (Å²) in [4.78, 5) is 1.45. The molecule has 0 aromatic rings. The molecule has 13 heavy (non-hydrogen) atoms. The SMILES string of the molecule is CC(C)C(C)(O)CN(C)CC(F)F. The summed E-state index contributed by atoms with van der Waals surface area (Å²) in [6.07, 6.45) is -2.34. The number of likely N-dealkylation sites (N-methyl/N-ethyl adjacent to an activating group) is 1. The first kappa shape index (κ1) is 12.8. The van der Waals surface area contributed by atoms with Gasteiger partial charge in [0.25, 0.3) is 6.43 Å². The Hall–Kier alpha value is -0.220. The van der Waals surface area contributed by atoms with Crippen molar-refractivity contribution in [2.45, 2.75) is 32.8 Å². The lowest BCUT2D eigenvalue weighted by molar-refractivity contribution is -0.0239. The zero-order chi connectivity index (χ0) is 10.6. The largest absolute Gasteiger partial charge is 0.389 e. The zero-order valence-corrected chi connectivity index (χ0v) is 8.72. The van der Waals surface area contributed by atoms with E-state index in [1.165, 1.54) is 4.90 Å². The molecule has 0 aliphatic carbocycles. The Kier molecular flexibility index (Phi) is 4.78. The van der Waals surface area contributed by atoms with Crippen LogP contribution in [0.1, 0.15) is 20.8 Å². The fraction of sp³-hybridized carbons (Fsp3) is 1.00. The van der Waals surface area contributed by atoms with Gasteiger partial charge in [-0.25, -0.2) is 8.78 Å². The summed E-state index contributed by atoms with van der Waals surface area (Å²) in [7, 11) is 1.59. The van der Waals surface area contributed by atoms with E-state index >= 15 is 0 Å². The quantitative estimate of drug-likeness (QED) is 0.720. The Balaban J connectivity index is 3.96. The highest BCUT2D eigenvalue weighted by molar-refractivity contribution is 4.79. The van der Waals surface area contributed by atoms with E-state index in [1.807, 2.05) is 13.8 Å². The van der Waals surface area contributed by atoms with Gasteiger partial charge in [-0.15, -0.1) is 0 Å². The Bertz CT molecular complexity index is 149. The second kappa shape index (κ2) is 4.86. The van der Waals surface area contributed by atoms with Crippen LogP contribution < -0.4 is 0 Å². The number of hydrogen-bond donors (Lipinski definition) is 1. The van der Waals surface area contributed by atoms with E-state index in [1.54, 1.807) is 14.0 Å². The summed E-state index contributed by atoms with van der Waals surface area (Å²) >= 11 is 0. The van der Waals surface area contributed by atoms with E-state index in [0.29, 0.717) is 0 Å². The van der Waals surface area contributed by atoms with Gasteiger partial charge in [-0.1, -0.05) is 13.8 Å². The van der Waals surface area contributed by atoms with Crippen LogP contribution in [0.3, 0.4) is 0 Å². The van der Waals surface area contributed by atoms with Gasteiger partial charge in [-0.3, -0.25) is 4.90 Å². The van der Waals surface area contributed by atoms with Crippen LogP contribution in [-0.2, 0) is 0 Å². The molecule has 1 atom stereocenters. The molecular formula is C9H19F2NO. The molecule has 0 amide bonds. The minimum atomic E-state index is -2.34. The van der Waals surface area contributed by atoms with Crippen molar-refractivity contribution >= 4 is 0 Å². The van der Waals surface area contributed by atoms with Crippen LogP contribution in [0.25, 0.3) is 0 Å². The predicted octanol–water partition coefficient (Wildman–Crippen LogP) is 1.59. The summed E-state index contributed by atoms with van der Waals surface area (Å²) in [5.74, 6) is 0.0626. The molecule has 0 aromatic carbocycles. The third kappa shape index (κ3) is 5.16. The molecule has 0 aliphatic heterocycles. The summed E-state index contributed by atoms with van der Waals surface area (Å²) in [5.41, 5.74) is -0.899. The summed E-state index contributed by atoms with van der Waals surface area (Å²) < 4.78 is 23.9. The molecule has 4 heteroatoms. The van der Waals surface area contributed by atoms with Gasteiger partial charge >= 0.3 is 0 Å². The molecule has 1 N–H and O–H groups in total. The maximum atomic E-state index is 11.9. The van der Waals surface area contributed by atoms with Crippen molar-refractivity contribution in [3.63, 3.8) is 0 Å². The zero-order valence-electron chi connectivity index (χ0n) is 8.72. The number of nitrogens with zero attached hydrogens (tertiary/aromatic N) is 1. The molecule has 2 nitrogen and oxygen atoms in total. The van der Waals surface area contributed by atoms with Crippen molar-refractivity contribution in [3.8, 4) is 0 Å². The van der Waals surface area contributed by atoms with E-state index < -0.39 is 12.0 Å². The van der Waals surface area contributed by atoms with Gasteiger partial charge in [0.1, 0.15) is 0 Å². The summed E-state index contributed by atoms with van der Waals surface area (Å²) in [5, 5.41) is 9.79. The Morgan fingerprint density at radius 3 is 2.15 bits per heavy atom. The van der Waals surface area contributed by atoms with Crippen LogP contribution in [0.2, 0.25) is 0 Å². The first-order chi connectivity index (χ1) is 5.75. The minimum Gasteiger partial charge on any atom is -0.389 e. The molecule has 80 valence electrons. The smallest absolute Gasteiger partial charge is 0.251 e. The Labute approximate surface area is 78.5 Å². The highest BCUT2D eigenvalue weighted by atomic mass is 19.3. The number of aliphatic hydroxyl groups is 1. The first-order valence-corrected chi connectivity index (χ1v) is 4.44. The van der Waals surface area contributed by atoms with E-state index in [0.717, 1.165) is 0 Å². The molecule has 0 heterocycles. The molecule has 0 aromatic heterocycles. The molecule has 0 bridgehead atoms. The van der Waals surface area contributed by atoms with Gasteiger partial charge in [-0.2, -0.15) is 0 Å². The molecule has 0 saturated carbocycles. The molecular weight excluding hydrogens is 176 g/mol. The second-order valence-corrected chi connectivity index (χ2v) is 4.10. The predicted molar refractivity (Wildman–Crippen MR) is 49.0 cm³/mol. The Morgan fingerprint density at radius 1 is 1.38 bits per heavy atom. The van der Waals surface area contributed by atoms with Gasteiger partial charge in [0.15, 0.2) is 0 Å². The average Bonchev–Trinajstić information content (AvgIpc) is 1.82. The van der Waals surface area contributed by atoms with Crippen LogP contribution in [0.5, 0.6) is 0 Å². The van der Waals surface area contributed by atoms with Crippen molar-refractivity contribution in [1.29, 1.82) is 0 Å². The maximum absolute atomic E-state index is 11.9. The molecule has 0 saturated heterocycles. The van der Waals surface area contributed by atoms with Gasteiger partial charge in [0.05, 0.1) is 12.1 Å². The van der Waals surface area contributed by atoms with Crippen molar-refractivity contribution in [3.05, 3.63) is 0 Å². The highest BCUT2D eigenvalue weighted by Crippen LogP contribution is 2.17. The lowest BCUT2D eigenvalue weighted by Gasteiger charge is -2.32. The molecule has 0 radical (unpaired) electrons. The average molecular weight is 195 g/mol. The lowest BCUT2D eigenvalue weighted by Crippen LogP contribution is -2.44. The van der Waals surface area contributed by atoms with Gasteiger partial charge < -0.3 is 5.11 Å². The number of hydrogen-bond acceptors (Lipinski definition) is 2. The molecule has 0 spiro atoms. The van der Waals surface area contributed by atoms with Crippen molar-refractivity contribution in [1.82, 2.24) is 4.90 Å². The van der Waals surface area contributed by atoms with Crippen LogP contribution in [0, 0.1) is 5.92 Å². The highest BCUT2D eigenvalue weighted by Gasteiger charge is 2.27. The fourth-order valence-electron chi connectivity index (χ4n) is 1.03. The maximum Gasteiger partial charge on any atom is 0.251 e. The lowest BCUT2D eigenvalue weighted by atomic mass is 9.92. The van der Waals surface area contributed by atoms with Gasteiger partial charge in [0.2, 0.25) is 0 Å². The van der Waals surface area contributed by atoms with Gasteiger partial charge in [-0.05, 0) is 19.9 Å². The Morgan fingerprint density at radius 2 is 1.85 bits per heavy atom. The summed E-state index contributed by atoms with van der Waals surface area (Å²) in [6, 6.07) is 0. The van der Waals surface area contributed by atoms with E-state index in [2.05, 4.69) is 0 Å². The monoisotopic (exact) mass is 195 g/mol. The second-order valence-electron chi connectivity index (χ2n) is 4.10. The van der Waals surface area contributed by atoms with Crippen LogP contribution in [-0.4, -0.2) is 42.2 Å². The third-order valence-electron chi connectivity index (χ3n) is 2.28. The number of halogens is 2. The van der Waals surface area contributed by atoms with E-state index in [4.69, 9.17) is 0 Å². The summed E-state index contributed by atoms with van der Waals surface area (Å²) in [6.45, 7) is 5.39. The fourth-order valence-corrected chi connectivity index (χ4v) is 1.03.